The number of benzene rings is 1. The molecule has 0 aliphatic carbocycles. The predicted molar refractivity (Wildman–Crippen MR) is 92.4 cm³/mol. The maximum atomic E-state index is 12.2. The van der Waals surface area contributed by atoms with E-state index in [4.69, 9.17) is 5.84 Å². The van der Waals surface area contributed by atoms with Crippen molar-refractivity contribution >= 4 is 17.7 Å². The Labute approximate surface area is 140 Å². The van der Waals surface area contributed by atoms with Gasteiger partial charge in [-0.3, -0.25) is 4.79 Å². The van der Waals surface area contributed by atoms with Gasteiger partial charge >= 0.3 is 0 Å². The predicted octanol–water partition coefficient (Wildman–Crippen LogP) is 2.16. The van der Waals surface area contributed by atoms with Crippen LogP contribution < -0.4 is 11.2 Å². The van der Waals surface area contributed by atoms with Crippen LogP contribution in [-0.4, -0.2) is 26.5 Å². The van der Waals surface area contributed by atoms with E-state index in [-0.39, 0.29) is 17.7 Å². The van der Waals surface area contributed by atoms with Crippen molar-refractivity contribution in [2.24, 2.45) is 5.92 Å². The SMILES string of the molecule is CCc1ccc([C@@H](NC(=O)CSc2nncn2N)C(C)C)cc1. The minimum Gasteiger partial charge on any atom is -0.348 e. The van der Waals surface area contributed by atoms with E-state index in [9.17, 15) is 4.79 Å². The van der Waals surface area contributed by atoms with Crippen LogP contribution in [0.2, 0.25) is 0 Å². The van der Waals surface area contributed by atoms with Gasteiger partial charge in [-0.25, -0.2) is 4.68 Å². The smallest absolute Gasteiger partial charge is 0.230 e. The Morgan fingerprint density at radius 3 is 2.57 bits per heavy atom. The van der Waals surface area contributed by atoms with Crippen molar-refractivity contribution in [1.29, 1.82) is 0 Å². The molecule has 0 radical (unpaired) electrons. The number of hydrogen-bond donors (Lipinski definition) is 2. The van der Waals surface area contributed by atoms with Crippen LogP contribution in [0, 0.1) is 5.92 Å². The minimum absolute atomic E-state index is 0.00949. The first-order valence-electron chi connectivity index (χ1n) is 7.67. The number of carbonyl (C=O) groups excluding carboxylic acids is 1. The molecule has 0 spiro atoms. The molecule has 7 heteroatoms. The maximum Gasteiger partial charge on any atom is 0.230 e. The van der Waals surface area contributed by atoms with Gasteiger partial charge in [0.1, 0.15) is 6.33 Å². The Hall–Kier alpha value is -2.02. The summed E-state index contributed by atoms with van der Waals surface area (Å²) in [5.41, 5.74) is 2.41. The molecule has 1 atom stereocenters. The fraction of sp³-hybridized carbons (Fsp3) is 0.438. The number of nitrogens with one attached hydrogen (secondary N) is 1. The summed E-state index contributed by atoms with van der Waals surface area (Å²) in [5.74, 6) is 6.15. The van der Waals surface area contributed by atoms with Crippen molar-refractivity contribution in [3.8, 4) is 0 Å². The van der Waals surface area contributed by atoms with Crippen molar-refractivity contribution in [2.75, 3.05) is 11.6 Å². The van der Waals surface area contributed by atoms with E-state index in [2.05, 4.69) is 60.6 Å². The molecule has 1 heterocycles. The molecule has 0 unspecified atom stereocenters. The molecule has 0 aliphatic heterocycles. The number of aryl methyl sites for hydroxylation is 1. The first-order chi connectivity index (χ1) is 11.0. The molecule has 0 saturated carbocycles. The Balaban J connectivity index is 1.98. The van der Waals surface area contributed by atoms with E-state index in [1.807, 2.05) is 0 Å². The molecular weight excluding hydrogens is 310 g/mol. The molecule has 3 N–H and O–H groups in total. The van der Waals surface area contributed by atoms with E-state index in [1.54, 1.807) is 0 Å². The number of nitrogens with zero attached hydrogens (tertiary/aromatic N) is 3. The minimum atomic E-state index is -0.0451. The van der Waals surface area contributed by atoms with Gasteiger partial charge in [-0.1, -0.05) is 56.8 Å². The molecule has 2 rings (SSSR count). The third-order valence-corrected chi connectivity index (χ3v) is 4.56. The molecule has 1 amide bonds. The molecule has 0 bridgehead atoms. The Bertz CT molecular complexity index is 638. The van der Waals surface area contributed by atoms with Gasteiger partial charge in [0.05, 0.1) is 11.8 Å². The zero-order valence-corrected chi connectivity index (χ0v) is 14.5. The summed E-state index contributed by atoms with van der Waals surface area (Å²) < 4.78 is 1.31. The van der Waals surface area contributed by atoms with Crippen LogP contribution in [0.25, 0.3) is 0 Å². The van der Waals surface area contributed by atoms with Gasteiger partial charge in [0.25, 0.3) is 0 Å². The van der Waals surface area contributed by atoms with Crippen LogP contribution in [0.5, 0.6) is 0 Å². The molecule has 23 heavy (non-hydrogen) atoms. The van der Waals surface area contributed by atoms with Gasteiger partial charge in [0, 0.05) is 0 Å². The number of hydrogen-bond acceptors (Lipinski definition) is 5. The second-order valence-electron chi connectivity index (χ2n) is 5.69. The quantitative estimate of drug-likeness (QED) is 0.599. The first kappa shape index (κ1) is 17.3. The molecule has 0 saturated heterocycles. The first-order valence-corrected chi connectivity index (χ1v) is 8.66. The summed E-state index contributed by atoms with van der Waals surface area (Å²) >= 11 is 1.27. The number of carbonyl (C=O) groups is 1. The third kappa shape index (κ3) is 4.72. The lowest BCUT2D eigenvalue weighted by molar-refractivity contribution is -0.119. The molecule has 2 aromatic rings. The zero-order chi connectivity index (χ0) is 16.8. The normalized spacial score (nSPS) is 12.3. The number of rotatable bonds is 7. The van der Waals surface area contributed by atoms with Crippen LogP contribution in [0.4, 0.5) is 0 Å². The summed E-state index contributed by atoms with van der Waals surface area (Å²) in [4.78, 5) is 12.2. The molecule has 0 fully saturated rings. The van der Waals surface area contributed by atoms with Crippen LogP contribution in [0.15, 0.2) is 35.7 Å². The second kappa shape index (κ2) is 8.01. The topological polar surface area (TPSA) is 85.8 Å². The number of amides is 1. The Morgan fingerprint density at radius 1 is 1.35 bits per heavy atom. The monoisotopic (exact) mass is 333 g/mol. The Kier molecular flexibility index (Phi) is 6.04. The van der Waals surface area contributed by atoms with Crippen molar-refractivity contribution < 1.29 is 4.79 Å². The lowest BCUT2D eigenvalue weighted by Crippen LogP contribution is -2.33. The average molecular weight is 333 g/mol. The van der Waals surface area contributed by atoms with Gasteiger partial charge in [-0.05, 0) is 23.5 Å². The third-order valence-electron chi connectivity index (χ3n) is 3.60. The van der Waals surface area contributed by atoms with Crippen molar-refractivity contribution in [3.63, 3.8) is 0 Å². The van der Waals surface area contributed by atoms with Gasteiger partial charge in [-0.2, -0.15) is 0 Å². The van der Waals surface area contributed by atoms with Gasteiger partial charge in [0.2, 0.25) is 11.1 Å². The highest BCUT2D eigenvalue weighted by Gasteiger charge is 2.18. The van der Waals surface area contributed by atoms with Gasteiger partial charge in [0.15, 0.2) is 0 Å². The van der Waals surface area contributed by atoms with Gasteiger partial charge in [-0.15, -0.1) is 10.2 Å². The summed E-state index contributed by atoms with van der Waals surface area (Å²) in [5, 5.41) is 11.2. The van der Waals surface area contributed by atoms with E-state index >= 15 is 0 Å². The van der Waals surface area contributed by atoms with Crippen LogP contribution in [0.3, 0.4) is 0 Å². The van der Waals surface area contributed by atoms with Gasteiger partial charge < -0.3 is 11.2 Å². The molecular formula is C16H23N5OS. The summed E-state index contributed by atoms with van der Waals surface area (Å²) in [6.07, 6.45) is 2.42. The van der Waals surface area contributed by atoms with E-state index < -0.39 is 0 Å². The van der Waals surface area contributed by atoms with Crippen LogP contribution >= 0.6 is 11.8 Å². The summed E-state index contributed by atoms with van der Waals surface area (Å²) in [7, 11) is 0. The van der Waals surface area contributed by atoms with Crippen molar-refractivity contribution in [2.45, 2.75) is 38.4 Å². The number of nitrogen functional groups attached to an aromatic ring is 1. The highest BCUT2D eigenvalue weighted by Crippen LogP contribution is 2.23. The fourth-order valence-corrected chi connectivity index (χ4v) is 2.92. The lowest BCUT2D eigenvalue weighted by Gasteiger charge is -2.23. The largest absolute Gasteiger partial charge is 0.348 e. The standard InChI is InChI=1S/C16H23N5OS/c1-4-12-5-7-13(8-6-12)15(11(2)3)19-14(22)9-23-16-20-18-10-21(16)17/h5-8,10-11,15H,4,9,17H2,1-3H3,(H,19,22)/t15-/m0/s1. The van der Waals surface area contributed by atoms with Crippen LogP contribution in [0.1, 0.15) is 37.9 Å². The van der Waals surface area contributed by atoms with Crippen molar-refractivity contribution in [1.82, 2.24) is 20.2 Å². The maximum absolute atomic E-state index is 12.2. The molecule has 1 aromatic carbocycles. The van der Waals surface area contributed by atoms with E-state index in [0.29, 0.717) is 11.1 Å². The van der Waals surface area contributed by atoms with Crippen LogP contribution in [-0.2, 0) is 11.2 Å². The number of aromatic nitrogens is 3. The summed E-state index contributed by atoms with van der Waals surface area (Å²) in [6, 6.07) is 8.40. The lowest BCUT2D eigenvalue weighted by atomic mass is 9.95. The fourth-order valence-electron chi connectivity index (χ4n) is 2.28. The molecule has 124 valence electrons. The zero-order valence-electron chi connectivity index (χ0n) is 13.7. The highest BCUT2D eigenvalue weighted by atomic mass is 32.2. The summed E-state index contributed by atoms with van der Waals surface area (Å²) in [6.45, 7) is 6.33. The molecule has 1 aromatic heterocycles. The Morgan fingerprint density at radius 2 is 2.04 bits per heavy atom. The van der Waals surface area contributed by atoms with E-state index in [0.717, 1.165) is 12.0 Å². The number of thioether (sulfide) groups is 1. The van der Waals surface area contributed by atoms with E-state index in [1.165, 1.54) is 28.3 Å². The highest BCUT2D eigenvalue weighted by molar-refractivity contribution is 7.99. The van der Waals surface area contributed by atoms with Crippen molar-refractivity contribution in [3.05, 3.63) is 41.7 Å². The number of nitrogens with two attached hydrogens (primary N) is 1. The molecule has 0 aliphatic rings. The molecule has 6 nitrogen and oxygen atoms in total. The second-order valence-corrected chi connectivity index (χ2v) is 6.64. The average Bonchev–Trinajstić information content (AvgIpc) is 2.95.